The minimum absolute atomic E-state index is 0.151. The number of aryl methyl sites for hydroxylation is 2. The summed E-state index contributed by atoms with van der Waals surface area (Å²) in [6.45, 7) is 15.9. The maximum atomic E-state index is 6.10. The monoisotopic (exact) mass is 263 g/mol. The van der Waals surface area contributed by atoms with E-state index in [1.165, 1.54) is 23.1 Å². The Balaban J connectivity index is 2.63. The first-order valence-corrected chi connectivity index (χ1v) is 7.27. The summed E-state index contributed by atoms with van der Waals surface area (Å²) >= 11 is 0. The highest BCUT2D eigenvalue weighted by atomic mass is 16.5. The summed E-state index contributed by atoms with van der Waals surface area (Å²) in [6.07, 6.45) is 1.17. The lowest BCUT2D eigenvalue weighted by Gasteiger charge is -2.26. The Kier molecular flexibility index (Phi) is 5.86. The number of rotatable bonds is 7. The fourth-order valence-corrected chi connectivity index (χ4v) is 2.07. The summed E-state index contributed by atoms with van der Waals surface area (Å²) in [6, 6.07) is 4.30. The molecule has 0 aliphatic rings. The molecule has 0 bridgehead atoms. The number of hydrogen-bond donors (Lipinski definition) is 1. The van der Waals surface area contributed by atoms with E-state index in [0.717, 1.165) is 25.4 Å². The molecule has 0 radical (unpaired) electrons. The van der Waals surface area contributed by atoms with Gasteiger partial charge in [0.1, 0.15) is 5.75 Å². The van der Waals surface area contributed by atoms with Crippen LogP contribution in [0.25, 0.3) is 0 Å². The minimum Gasteiger partial charge on any atom is -0.492 e. The zero-order valence-corrected chi connectivity index (χ0v) is 13.4. The molecule has 0 atom stereocenters. The number of nitrogens with one attached hydrogen (secondary N) is 1. The van der Waals surface area contributed by atoms with E-state index >= 15 is 0 Å². The highest BCUT2D eigenvalue weighted by Crippen LogP contribution is 2.27. The Bertz CT molecular complexity index is 410. The molecule has 0 unspecified atom stereocenters. The summed E-state index contributed by atoms with van der Waals surface area (Å²) in [5, 5.41) is 3.47. The molecule has 19 heavy (non-hydrogen) atoms. The van der Waals surface area contributed by atoms with Crippen molar-refractivity contribution in [1.29, 1.82) is 0 Å². The Morgan fingerprint density at radius 1 is 1.11 bits per heavy atom. The average Bonchev–Trinajstić information content (AvgIpc) is 2.34. The van der Waals surface area contributed by atoms with Gasteiger partial charge in [0.05, 0.1) is 6.61 Å². The largest absolute Gasteiger partial charge is 0.492 e. The molecule has 1 aromatic rings. The molecule has 0 fully saturated rings. The fraction of sp³-hybridized carbons (Fsp3) is 0.647. The molecule has 0 saturated heterocycles. The van der Waals surface area contributed by atoms with E-state index in [1.54, 1.807) is 0 Å². The maximum absolute atomic E-state index is 6.10. The zero-order chi connectivity index (χ0) is 14.5. The molecule has 0 aliphatic carbocycles. The van der Waals surface area contributed by atoms with Crippen molar-refractivity contribution < 1.29 is 4.74 Å². The maximum Gasteiger partial charge on any atom is 0.125 e. The highest BCUT2D eigenvalue weighted by molar-refractivity contribution is 5.44. The van der Waals surface area contributed by atoms with Gasteiger partial charge in [-0.05, 0) is 50.4 Å². The van der Waals surface area contributed by atoms with Crippen LogP contribution in [0.15, 0.2) is 12.1 Å². The van der Waals surface area contributed by atoms with Gasteiger partial charge in [-0.2, -0.15) is 0 Å². The first kappa shape index (κ1) is 16.0. The van der Waals surface area contributed by atoms with Gasteiger partial charge in [0.25, 0.3) is 0 Å². The van der Waals surface area contributed by atoms with E-state index in [0.29, 0.717) is 0 Å². The molecule has 0 amide bonds. The van der Waals surface area contributed by atoms with Crippen LogP contribution in [0, 0.1) is 26.2 Å². The van der Waals surface area contributed by atoms with Crippen molar-refractivity contribution in [3.05, 3.63) is 28.8 Å². The Morgan fingerprint density at radius 2 is 1.74 bits per heavy atom. The average molecular weight is 263 g/mol. The molecule has 2 heteroatoms. The van der Waals surface area contributed by atoms with Crippen LogP contribution in [0.2, 0.25) is 0 Å². The van der Waals surface area contributed by atoms with E-state index in [-0.39, 0.29) is 5.41 Å². The van der Waals surface area contributed by atoms with E-state index < -0.39 is 0 Å². The normalized spacial score (nSPS) is 11.7. The standard InChI is InChI=1S/C17H29NO/c1-7-10-18-11-17(5,6)12-19-16-14(3)9-8-13(2)15(16)4/h8-9,18H,7,10-12H2,1-6H3. The molecule has 1 rings (SSSR count). The second kappa shape index (κ2) is 6.95. The van der Waals surface area contributed by atoms with Crippen molar-refractivity contribution in [3.63, 3.8) is 0 Å². The third-order valence-electron chi connectivity index (χ3n) is 3.51. The lowest BCUT2D eigenvalue weighted by atomic mass is 9.94. The molecular formula is C17H29NO. The zero-order valence-electron chi connectivity index (χ0n) is 13.4. The van der Waals surface area contributed by atoms with E-state index in [9.17, 15) is 0 Å². The van der Waals surface area contributed by atoms with Crippen LogP contribution in [0.1, 0.15) is 43.9 Å². The number of benzene rings is 1. The first-order chi connectivity index (χ1) is 8.87. The topological polar surface area (TPSA) is 21.3 Å². The Labute approximate surface area is 118 Å². The first-order valence-electron chi connectivity index (χ1n) is 7.27. The van der Waals surface area contributed by atoms with Crippen LogP contribution in [0.3, 0.4) is 0 Å². The second-order valence-electron chi connectivity index (χ2n) is 6.28. The predicted octanol–water partition coefficient (Wildman–Crippen LogP) is 4.02. The summed E-state index contributed by atoms with van der Waals surface area (Å²) < 4.78 is 6.10. The lowest BCUT2D eigenvalue weighted by Crippen LogP contribution is -2.34. The summed E-state index contributed by atoms with van der Waals surface area (Å²) in [4.78, 5) is 0. The Morgan fingerprint density at radius 3 is 2.37 bits per heavy atom. The number of ether oxygens (including phenoxy) is 1. The van der Waals surface area contributed by atoms with Crippen LogP contribution in [-0.2, 0) is 0 Å². The molecule has 0 spiro atoms. The van der Waals surface area contributed by atoms with Crippen molar-refractivity contribution in [3.8, 4) is 5.75 Å². The Hall–Kier alpha value is -1.02. The summed E-state index contributed by atoms with van der Waals surface area (Å²) in [5.41, 5.74) is 3.93. The molecular weight excluding hydrogens is 234 g/mol. The minimum atomic E-state index is 0.151. The van der Waals surface area contributed by atoms with E-state index in [4.69, 9.17) is 4.74 Å². The van der Waals surface area contributed by atoms with Crippen LogP contribution in [0.5, 0.6) is 5.75 Å². The van der Waals surface area contributed by atoms with Crippen molar-refractivity contribution in [2.24, 2.45) is 5.41 Å². The quantitative estimate of drug-likeness (QED) is 0.750. The van der Waals surface area contributed by atoms with Crippen molar-refractivity contribution >= 4 is 0 Å². The van der Waals surface area contributed by atoms with Gasteiger partial charge in [-0.15, -0.1) is 0 Å². The smallest absolute Gasteiger partial charge is 0.125 e. The van der Waals surface area contributed by atoms with E-state index in [1.807, 2.05) is 0 Å². The second-order valence-corrected chi connectivity index (χ2v) is 6.28. The van der Waals surface area contributed by atoms with E-state index in [2.05, 4.69) is 59.0 Å². The van der Waals surface area contributed by atoms with Crippen LogP contribution in [0.4, 0.5) is 0 Å². The fourth-order valence-electron chi connectivity index (χ4n) is 2.07. The third kappa shape index (κ3) is 4.87. The van der Waals surface area contributed by atoms with Crippen LogP contribution < -0.4 is 10.1 Å². The van der Waals surface area contributed by atoms with Gasteiger partial charge < -0.3 is 10.1 Å². The van der Waals surface area contributed by atoms with Crippen molar-refractivity contribution in [1.82, 2.24) is 5.32 Å². The van der Waals surface area contributed by atoms with Gasteiger partial charge >= 0.3 is 0 Å². The molecule has 0 heterocycles. The van der Waals surface area contributed by atoms with Gasteiger partial charge in [0, 0.05) is 12.0 Å². The molecule has 1 aromatic carbocycles. The third-order valence-corrected chi connectivity index (χ3v) is 3.51. The van der Waals surface area contributed by atoms with Gasteiger partial charge in [-0.25, -0.2) is 0 Å². The van der Waals surface area contributed by atoms with Crippen molar-refractivity contribution in [2.45, 2.75) is 48.0 Å². The summed E-state index contributed by atoms with van der Waals surface area (Å²) in [5.74, 6) is 1.06. The van der Waals surface area contributed by atoms with Gasteiger partial charge in [0.2, 0.25) is 0 Å². The lowest BCUT2D eigenvalue weighted by molar-refractivity contribution is 0.175. The molecule has 0 saturated carbocycles. The highest BCUT2D eigenvalue weighted by Gasteiger charge is 2.19. The van der Waals surface area contributed by atoms with Crippen LogP contribution in [-0.4, -0.2) is 19.7 Å². The number of hydrogen-bond acceptors (Lipinski definition) is 2. The predicted molar refractivity (Wildman–Crippen MR) is 83.1 cm³/mol. The summed E-state index contributed by atoms with van der Waals surface area (Å²) in [7, 11) is 0. The van der Waals surface area contributed by atoms with Gasteiger partial charge in [-0.3, -0.25) is 0 Å². The molecule has 0 aliphatic heterocycles. The SMILES string of the molecule is CCCNCC(C)(C)COc1c(C)ccc(C)c1C. The van der Waals surface area contributed by atoms with Gasteiger partial charge in [-0.1, -0.05) is 32.9 Å². The van der Waals surface area contributed by atoms with Crippen molar-refractivity contribution in [2.75, 3.05) is 19.7 Å². The van der Waals surface area contributed by atoms with Gasteiger partial charge in [0.15, 0.2) is 0 Å². The van der Waals surface area contributed by atoms with Crippen LogP contribution >= 0.6 is 0 Å². The molecule has 108 valence electrons. The molecule has 0 aromatic heterocycles. The molecule has 2 nitrogen and oxygen atoms in total. The molecule has 1 N–H and O–H groups in total.